The summed E-state index contributed by atoms with van der Waals surface area (Å²) >= 11 is 1.19. The number of hydrogen-bond donors (Lipinski definition) is 2. The van der Waals surface area contributed by atoms with E-state index in [4.69, 9.17) is 5.73 Å². The van der Waals surface area contributed by atoms with E-state index < -0.39 is 5.54 Å². The minimum absolute atomic E-state index is 0.122. The van der Waals surface area contributed by atoms with Crippen LogP contribution in [0.4, 0.5) is 5.13 Å². The summed E-state index contributed by atoms with van der Waals surface area (Å²) in [5.74, 6) is 0.554. The lowest BCUT2D eigenvalue weighted by atomic mass is 9.82. The lowest BCUT2D eigenvalue weighted by molar-refractivity contribution is -0.122. The molecule has 3 N–H and O–H groups in total. The van der Waals surface area contributed by atoms with Gasteiger partial charge in [0.1, 0.15) is 5.82 Å². The highest BCUT2D eigenvalue weighted by atomic mass is 32.1. The van der Waals surface area contributed by atoms with Gasteiger partial charge in [-0.2, -0.15) is 4.37 Å². The molecule has 1 saturated carbocycles. The lowest BCUT2D eigenvalue weighted by Gasteiger charge is -2.31. The molecule has 5 nitrogen and oxygen atoms in total. The molecule has 1 aromatic heterocycles. The molecular formula is C10H16N4OS. The monoisotopic (exact) mass is 240 g/mol. The van der Waals surface area contributed by atoms with E-state index in [1.165, 1.54) is 18.0 Å². The van der Waals surface area contributed by atoms with Crippen molar-refractivity contribution >= 4 is 22.6 Å². The van der Waals surface area contributed by atoms with Crippen LogP contribution in [0, 0.1) is 6.92 Å². The Hall–Kier alpha value is -1.01. The van der Waals surface area contributed by atoms with E-state index in [1.54, 1.807) is 6.92 Å². The summed E-state index contributed by atoms with van der Waals surface area (Å²) in [7, 11) is 0. The number of rotatable bonds is 2. The van der Waals surface area contributed by atoms with E-state index >= 15 is 0 Å². The fourth-order valence-corrected chi connectivity index (χ4v) is 2.55. The van der Waals surface area contributed by atoms with Crippen LogP contribution in [0.25, 0.3) is 0 Å². The van der Waals surface area contributed by atoms with Gasteiger partial charge < -0.3 is 5.73 Å². The second-order valence-electron chi connectivity index (χ2n) is 4.32. The molecule has 0 bridgehead atoms. The van der Waals surface area contributed by atoms with Gasteiger partial charge in [-0.25, -0.2) is 4.98 Å². The quantitative estimate of drug-likeness (QED) is 0.819. The van der Waals surface area contributed by atoms with Gasteiger partial charge in [-0.05, 0) is 19.8 Å². The molecule has 0 unspecified atom stereocenters. The zero-order chi connectivity index (χ0) is 11.6. The molecule has 2 rings (SSSR count). The maximum Gasteiger partial charge on any atom is 0.246 e. The van der Waals surface area contributed by atoms with Crippen LogP contribution >= 0.6 is 11.5 Å². The molecule has 0 spiro atoms. The van der Waals surface area contributed by atoms with Gasteiger partial charge >= 0.3 is 0 Å². The predicted octanol–water partition coefficient (Wildman–Crippen LogP) is 1.45. The molecule has 1 aliphatic rings. The number of nitrogens with two attached hydrogens (primary N) is 1. The van der Waals surface area contributed by atoms with Gasteiger partial charge in [0.05, 0.1) is 5.54 Å². The Balaban J connectivity index is 2.01. The SMILES string of the molecule is Cc1nsc(NC(=O)C2(N)CCCCC2)n1. The molecular weight excluding hydrogens is 224 g/mol. The number of nitrogens with one attached hydrogen (secondary N) is 1. The summed E-state index contributed by atoms with van der Waals surface area (Å²) in [6.07, 6.45) is 4.75. The summed E-state index contributed by atoms with van der Waals surface area (Å²) < 4.78 is 4.01. The van der Waals surface area contributed by atoms with Crippen molar-refractivity contribution in [1.82, 2.24) is 9.36 Å². The fourth-order valence-electron chi connectivity index (χ4n) is 1.98. The van der Waals surface area contributed by atoms with Crippen molar-refractivity contribution in [2.75, 3.05) is 5.32 Å². The zero-order valence-electron chi connectivity index (χ0n) is 9.32. The minimum Gasteiger partial charge on any atom is -0.317 e. The van der Waals surface area contributed by atoms with Crippen LogP contribution in [0.15, 0.2) is 0 Å². The van der Waals surface area contributed by atoms with Crippen molar-refractivity contribution in [3.63, 3.8) is 0 Å². The second-order valence-corrected chi connectivity index (χ2v) is 5.07. The molecule has 0 aromatic carbocycles. The van der Waals surface area contributed by atoms with Gasteiger partial charge in [0.2, 0.25) is 11.0 Å². The Labute approximate surface area is 98.6 Å². The highest BCUT2D eigenvalue weighted by Gasteiger charge is 2.35. The van der Waals surface area contributed by atoms with Crippen molar-refractivity contribution in [1.29, 1.82) is 0 Å². The predicted molar refractivity (Wildman–Crippen MR) is 63.3 cm³/mol. The third-order valence-electron chi connectivity index (χ3n) is 2.95. The molecule has 1 fully saturated rings. The zero-order valence-corrected chi connectivity index (χ0v) is 10.1. The van der Waals surface area contributed by atoms with E-state index in [-0.39, 0.29) is 5.91 Å². The van der Waals surface area contributed by atoms with Gasteiger partial charge in [-0.1, -0.05) is 19.3 Å². The molecule has 88 valence electrons. The normalized spacial score (nSPS) is 19.4. The molecule has 0 atom stereocenters. The minimum atomic E-state index is -0.710. The van der Waals surface area contributed by atoms with Crippen LogP contribution in [-0.2, 0) is 4.79 Å². The van der Waals surface area contributed by atoms with Crippen LogP contribution in [-0.4, -0.2) is 20.8 Å². The summed E-state index contributed by atoms with van der Waals surface area (Å²) in [6, 6.07) is 0. The number of carbonyl (C=O) groups excluding carboxylic acids is 1. The van der Waals surface area contributed by atoms with Crippen LogP contribution < -0.4 is 11.1 Å². The molecule has 1 aliphatic carbocycles. The summed E-state index contributed by atoms with van der Waals surface area (Å²) in [5.41, 5.74) is 5.39. The Morgan fingerprint density at radius 2 is 2.12 bits per heavy atom. The van der Waals surface area contributed by atoms with Crippen molar-refractivity contribution in [2.45, 2.75) is 44.6 Å². The van der Waals surface area contributed by atoms with Gasteiger partial charge in [0.25, 0.3) is 0 Å². The second kappa shape index (κ2) is 4.47. The van der Waals surface area contributed by atoms with Crippen LogP contribution in [0.3, 0.4) is 0 Å². The highest BCUT2D eigenvalue weighted by molar-refractivity contribution is 7.09. The smallest absolute Gasteiger partial charge is 0.246 e. The van der Waals surface area contributed by atoms with Gasteiger partial charge in [0.15, 0.2) is 0 Å². The van der Waals surface area contributed by atoms with Crippen LogP contribution in [0.1, 0.15) is 37.9 Å². The maximum absolute atomic E-state index is 12.0. The average molecular weight is 240 g/mol. The summed E-state index contributed by atoms with van der Waals surface area (Å²) in [6.45, 7) is 1.80. The lowest BCUT2D eigenvalue weighted by Crippen LogP contribution is -2.52. The van der Waals surface area contributed by atoms with Crippen molar-refractivity contribution in [3.8, 4) is 0 Å². The Morgan fingerprint density at radius 1 is 1.44 bits per heavy atom. The molecule has 0 aliphatic heterocycles. The first-order chi connectivity index (χ1) is 7.60. The van der Waals surface area contributed by atoms with Crippen molar-refractivity contribution < 1.29 is 4.79 Å². The summed E-state index contributed by atoms with van der Waals surface area (Å²) in [5, 5.41) is 3.29. The first-order valence-electron chi connectivity index (χ1n) is 5.51. The molecule has 0 radical (unpaired) electrons. The third-order valence-corrected chi connectivity index (χ3v) is 3.67. The Kier molecular flexibility index (Phi) is 3.20. The van der Waals surface area contributed by atoms with E-state index in [0.29, 0.717) is 11.0 Å². The number of aromatic nitrogens is 2. The number of anilines is 1. The van der Waals surface area contributed by atoms with E-state index in [9.17, 15) is 4.79 Å². The number of nitrogens with zero attached hydrogens (tertiary/aromatic N) is 2. The standard InChI is InChI=1S/C10H16N4OS/c1-7-12-9(16-14-7)13-8(15)10(11)5-3-2-4-6-10/h2-6,11H2,1H3,(H,12,13,14,15). The van der Waals surface area contributed by atoms with Gasteiger partial charge in [0, 0.05) is 11.5 Å². The van der Waals surface area contributed by atoms with Crippen LogP contribution in [0.2, 0.25) is 0 Å². The number of carbonyl (C=O) groups is 1. The third kappa shape index (κ3) is 2.38. The summed E-state index contributed by atoms with van der Waals surface area (Å²) in [4.78, 5) is 16.1. The van der Waals surface area contributed by atoms with Crippen molar-refractivity contribution in [3.05, 3.63) is 5.82 Å². The largest absolute Gasteiger partial charge is 0.317 e. The van der Waals surface area contributed by atoms with Crippen LogP contribution in [0.5, 0.6) is 0 Å². The number of aryl methyl sites for hydroxylation is 1. The molecule has 0 saturated heterocycles. The fraction of sp³-hybridized carbons (Fsp3) is 0.700. The Bertz CT molecular complexity index is 384. The molecule has 16 heavy (non-hydrogen) atoms. The first-order valence-corrected chi connectivity index (χ1v) is 6.28. The average Bonchev–Trinajstić information content (AvgIpc) is 2.65. The molecule has 1 heterocycles. The highest BCUT2D eigenvalue weighted by Crippen LogP contribution is 2.27. The molecule has 1 aromatic rings. The van der Waals surface area contributed by atoms with Gasteiger partial charge in [-0.3, -0.25) is 10.1 Å². The number of hydrogen-bond acceptors (Lipinski definition) is 5. The van der Waals surface area contributed by atoms with Gasteiger partial charge in [-0.15, -0.1) is 0 Å². The van der Waals surface area contributed by atoms with E-state index in [0.717, 1.165) is 25.7 Å². The Morgan fingerprint density at radius 3 is 2.69 bits per heavy atom. The van der Waals surface area contributed by atoms with E-state index in [1.807, 2.05) is 0 Å². The van der Waals surface area contributed by atoms with E-state index in [2.05, 4.69) is 14.7 Å². The first kappa shape index (κ1) is 11.5. The molecule has 1 amide bonds. The molecule has 6 heteroatoms. The van der Waals surface area contributed by atoms with Crippen molar-refractivity contribution in [2.24, 2.45) is 5.73 Å². The number of amides is 1. The topological polar surface area (TPSA) is 80.9 Å². The maximum atomic E-state index is 12.0.